The number of hydrogen-bond acceptors (Lipinski definition) is 6. The van der Waals surface area contributed by atoms with Gasteiger partial charge >= 0.3 is 0 Å². The zero-order valence-corrected chi connectivity index (χ0v) is 20.5. The van der Waals surface area contributed by atoms with Crippen molar-refractivity contribution in [1.82, 2.24) is 24.2 Å². The lowest BCUT2D eigenvalue weighted by atomic mass is 9.91. The number of aryl methyl sites for hydroxylation is 1. The maximum absolute atomic E-state index is 12.8. The first-order valence-electron chi connectivity index (χ1n) is 11.2. The second-order valence-corrected chi connectivity index (χ2v) is 9.80. The van der Waals surface area contributed by atoms with Crippen molar-refractivity contribution in [3.63, 3.8) is 0 Å². The van der Waals surface area contributed by atoms with Gasteiger partial charge in [0.2, 0.25) is 0 Å². The maximum Gasteiger partial charge on any atom is 0.264 e. The average Bonchev–Trinajstić information content (AvgIpc) is 3.20. The number of likely N-dealkylation sites (tertiary alicyclic amines) is 1. The van der Waals surface area contributed by atoms with Crippen LogP contribution in [-0.2, 0) is 20.1 Å². The second kappa shape index (κ2) is 9.32. The predicted molar refractivity (Wildman–Crippen MR) is 133 cm³/mol. The summed E-state index contributed by atoms with van der Waals surface area (Å²) in [6.07, 6.45) is 4.22. The van der Waals surface area contributed by atoms with E-state index < -0.39 is 5.60 Å². The average molecular weight is 524 g/mol. The molecule has 8 nitrogen and oxygen atoms in total. The topological polar surface area (TPSA) is 85.4 Å². The number of piperidine rings is 1. The summed E-state index contributed by atoms with van der Waals surface area (Å²) in [6.45, 7) is 2.55. The van der Waals surface area contributed by atoms with Crippen LogP contribution in [0.2, 0.25) is 0 Å². The van der Waals surface area contributed by atoms with Crippen molar-refractivity contribution in [2.45, 2.75) is 31.5 Å². The summed E-state index contributed by atoms with van der Waals surface area (Å²) >= 11 is 3.46. The summed E-state index contributed by atoms with van der Waals surface area (Å²) in [7, 11) is 1.76. The maximum atomic E-state index is 12.8. The van der Waals surface area contributed by atoms with E-state index >= 15 is 0 Å². The number of aliphatic hydroxyl groups is 1. The molecule has 3 heterocycles. The van der Waals surface area contributed by atoms with E-state index in [4.69, 9.17) is 4.74 Å². The fourth-order valence-corrected chi connectivity index (χ4v) is 4.75. The van der Waals surface area contributed by atoms with Gasteiger partial charge in [-0.2, -0.15) is 5.10 Å². The van der Waals surface area contributed by atoms with E-state index in [0.717, 1.165) is 35.6 Å². The first-order chi connectivity index (χ1) is 16.4. The van der Waals surface area contributed by atoms with Gasteiger partial charge in [0.05, 0.1) is 18.3 Å². The number of benzene rings is 2. The van der Waals surface area contributed by atoms with Crippen molar-refractivity contribution < 1.29 is 9.84 Å². The quantitative estimate of drug-likeness (QED) is 0.414. The third-order valence-electron chi connectivity index (χ3n) is 6.33. The normalized spacial score (nSPS) is 16.1. The molecule has 1 saturated heterocycles. The van der Waals surface area contributed by atoms with Gasteiger partial charge < -0.3 is 9.84 Å². The number of aromatic nitrogens is 4. The van der Waals surface area contributed by atoms with E-state index in [1.165, 1.54) is 22.7 Å². The van der Waals surface area contributed by atoms with Gasteiger partial charge in [-0.15, -0.1) is 0 Å². The van der Waals surface area contributed by atoms with E-state index in [9.17, 15) is 9.90 Å². The second-order valence-electron chi connectivity index (χ2n) is 8.89. The smallest absolute Gasteiger partial charge is 0.264 e. The van der Waals surface area contributed by atoms with E-state index in [1.54, 1.807) is 11.7 Å². The molecule has 1 aliphatic heterocycles. The summed E-state index contributed by atoms with van der Waals surface area (Å²) in [5.41, 5.74) is 0.643. The highest BCUT2D eigenvalue weighted by Crippen LogP contribution is 2.27. The molecule has 0 amide bonds. The monoisotopic (exact) mass is 523 g/mol. The van der Waals surface area contributed by atoms with Crippen molar-refractivity contribution in [2.75, 3.05) is 13.1 Å². The Bertz CT molecular complexity index is 1360. The molecule has 176 valence electrons. The highest BCUT2D eigenvalue weighted by molar-refractivity contribution is 9.10. The first-order valence-corrected chi connectivity index (χ1v) is 12.0. The van der Waals surface area contributed by atoms with Crippen LogP contribution in [0.3, 0.4) is 0 Å². The summed E-state index contributed by atoms with van der Waals surface area (Å²) < 4.78 is 9.97. The van der Waals surface area contributed by atoms with E-state index in [0.29, 0.717) is 23.9 Å². The molecule has 0 unspecified atom stereocenters. The van der Waals surface area contributed by atoms with E-state index in [1.807, 2.05) is 36.4 Å². The minimum Gasteiger partial charge on any atom is -0.457 e. The Labute approximate surface area is 205 Å². The Hall–Kier alpha value is -3.01. The van der Waals surface area contributed by atoms with Crippen molar-refractivity contribution in [2.24, 2.45) is 7.05 Å². The highest BCUT2D eigenvalue weighted by atomic mass is 79.9. The molecule has 34 heavy (non-hydrogen) atoms. The first kappa shape index (κ1) is 22.8. The van der Waals surface area contributed by atoms with Crippen LogP contribution in [0.5, 0.6) is 11.5 Å². The molecular formula is C25H26BrN5O3. The molecule has 0 aliphatic carbocycles. The summed E-state index contributed by atoms with van der Waals surface area (Å²) in [6, 6.07) is 15.9. The van der Waals surface area contributed by atoms with Crippen LogP contribution in [-0.4, -0.2) is 48.0 Å². The van der Waals surface area contributed by atoms with E-state index in [2.05, 4.69) is 43.0 Å². The molecule has 0 bridgehead atoms. The lowest BCUT2D eigenvalue weighted by Crippen LogP contribution is -2.47. The number of nitrogens with zero attached hydrogens (tertiary/aromatic N) is 5. The van der Waals surface area contributed by atoms with Crippen molar-refractivity contribution in [1.29, 1.82) is 0 Å². The highest BCUT2D eigenvalue weighted by Gasteiger charge is 2.33. The molecule has 9 heteroatoms. The molecule has 4 aromatic rings. The third kappa shape index (κ3) is 4.91. The van der Waals surface area contributed by atoms with E-state index in [-0.39, 0.29) is 12.1 Å². The molecule has 0 saturated carbocycles. The predicted octanol–water partition coefficient (Wildman–Crippen LogP) is 3.71. The fourth-order valence-electron chi connectivity index (χ4n) is 4.37. The van der Waals surface area contributed by atoms with Crippen LogP contribution in [0, 0.1) is 0 Å². The molecular weight excluding hydrogens is 498 g/mol. The number of rotatable bonds is 6. The third-order valence-corrected chi connectivity index (χ3v) is 6.82. The molecule has 1 N–H and O–H groups in total. The van der Waals surface area contributed by atoms with Gasteiger partial charge in [0.1, 0.15) is 23.2 Å². The molecule has 1 aliphatic rings. The Kier molecular flexibility index (Phi) is 6.24. The number of ether oxygens (including phenoxy) is 1. The number of halogens is 1. The minimum atomic E-state index is -0.931. The zero-order valence-electron chi connectivity index (χ0n) is 18.9. The van der Waals surface area contributed by atoms with Crippen molar-refractivity contribution >= 4 is 27.0 Å². The van der Waals surface area contributed by atoms with Gasteiger partial charge in [0.25, 0.3) is 5.56 Å². The fraction of sp³-hybridized carbons (Fsp3) is 0.320. The van der Waals surface area contributed by atoms with Crippen LogP contribution >= 0.6 is 15.9 Å². The SMILES string of the molecule is Cn1ncc2c(=O)n(CC3(O)CCN(Cc4ccc(Oc5cccc(Br)c5)cc4)CC3)cnc21. The Morgan fingerprint density at radius 2 is 1.88 bits per heavy atom. The van der Waals surface area contributed by atoms with Gasteiger partial charge in [-0.3, -0.25) is 18.9 Å². The van der Waals surface area contributed by atoms with Crippen molar-refractivity contribution in [3.8, 4) is 11.5 Å². The van der Waals surface area contributed by atoms with Gasteiger partial charge in [-0.05, 0) is 48.7 Å². The zero-order chi connectivity index (χ0) is 23.7. The number of fused-ring (bicyclic) bond motifs is 1. The molecule has 0 radical (unpaired) electrons. The summed E-state index contributed by atoms with van der Waals surface area (Å²) in [4.78, 5) is 19.4. The molecule has 1 fully saturated rings. The number of hydrogen-bond donors (Lipinski definition) is 1. The minimum absolute atomic E-state index is 0.167. The van der Waals surface area contributed by atoms with Gasteiger partial charge in [0, 0.05) is 31.2 Å². The van der Waals surface area contributed by atoms with Gasteiger partial charge in [-0.25, -0.2) is 4.98 Å². The molecule has 0 spiro atoms. The van der Waals surface area contributed by atoms with Crippen LogP contribution in [0.1, 0.15) is 18.4 Å². The van der Waals surface area contributed by atoms with Gasteiger partial charge in [-0.1, -0.05) is 34.1 Å². The Balaban J connectivity index is 1.17. The van der Waals surface area contributed by atoms with Crippen LogP contribution in [0.25, 0.3) is 11.0 Å². The largest absolute Gasteiger partial charge is 0.457 e. The molecule has 0 atom stereocenters. The standard InChI is InChI=1S/C25H26BrN5O3/c1-29-23-22(14-28-29)24(32)31(17-27-23)16-25(33)9-11-30(12-10-25)15-18-5-7-20(8-6-18)34-21-4-2-3-19(26)13-21/h2-8,13-14,17,33H,9-12,15-16H2,1H3. The van der Waals surface area contributed by atoms with Crippen LogP contribution in [0.15, 0.2) is 70.3 Å². The molecule has 2 aromatic heterocycles. The van der Waals surface area contributed by atoms with Crippen molar-refractivity contribution in [3.05, 3.63) is 81.4 Å². The van der Waals surface area contributed by atoms with Gasteiger partial charge in [0.15, 0.2) is 5.65 Å². The molecule has 2 aromatic carbocycles. The van der Waals surface area contributed by atoms with Crippen LogP contribution < -0.4 is 10.3 Å². The lowest BCUT2D eigenvalue weighted by molar-refractivity contribution is -0.0364. The van der Waals surface area contributed by atoms with Crippen LogP contribution in [0.4, 0.5) is 0 Å². The summed E-state index contributed by atoms with van der Waals surface area (Å²) in [5, 5.41) is 15.7. The lowest BCUT2D eigenvalue weighted by Gasteiger charge is -2.38. The molecule has 5 rings (SSSR count). The Morgan fingerprint density at radius 3 is 2.62 bits per heavy atom. The summed E-state index contributed by atoms with van der Waals surface area (Å²) in [5.74, 6) is 1.58. The Morgan fingerprint density at radius 1 is 1.12 bits per heavy atom.